The molecule has 0 saturated carbocycles. The highest BCUT2D eigenvalue weighted by atomic mass is 15.1. The molecule has 0 aliphatic carbocycles. The predicted molar refractivity (Wildman–Crippen MR) is 77.8 cm³/mol. The number of hydrogen-bond acceptors (Lipinski definition) is 2. The Balaban J connectivity index is 2.21. The molecule has 0 saturated heterocycles. The van der Waals surface area contributed by atoms with Crippen molar-refractivity contribution in [1.29, 1.82) is 0 Å². The molecule has 0 bridgehead atoms. The minimum atomic E-state index is -0.602. The van der Waals surface area contributed by atoms with E-state index in [0.717, 1.165) is 22.4 Å². The number of imidazole rings is 1. The Morgan fingerprint density at radius 3 is 2.32 bits per heavy atom. The average molecular weight is 251 g/mol. The summed E-state index contributed by atoms with van der Waals surface area (Å²) < 4.78 is 2.07. The van der Waals surface area contributed by atoms with Crippen molar-refractivity contribution < 1.29 is 0 Å². The van der Waals surface area contributed by atoms with E-state index in [1.807, 2.05) is 62.5 Å². The van der Waals surface area contributed by atoms with Crippen LogP contribution in [0.3, 0.4) is 0 Å². The molecule has 96 valence electrons. The lowest BCUT2D eigenvalue weighted by atomic mass is 9.92. The summed E-state index contributed by atoms with van der Waals surface area (Å²) >= 11 is 0. The van der Waals surface area contributed by atoms with Crippen LogP contribution in [-0.4, -0.2) is 9.55 Å². The molecule has 3 heteroatoms. The van der Waals surface area contributed by atoms with Gasteiger partial charge >= 0.3 is 0 Å². The van der Waals surface area contributed by atoms with E-state index in [1.54, 1.807) is 0 Å². The van der Waals surface area contributed by atoms with Crippen LogP contribution in [0.1, 0.15) is 18.3 Å². The third kappa shape index (κ3) is 1.83. The highest BCUT2D eigenvalue weighted by Crippen LogP contribution is 2.27. The molecule has 0 aliphatic heterocycles. The van der Waals surface area contributed by atoms with Crippen LogP contribution in [0.5, 0.6) is 0 Å². The first-order valence-corrected chi connectivity index (χ1v) is 6.37. The van der Waals surface area contributed by atoms with Crippen molar-refractivity contribution in [3.63, 3.8) is 0 Å². The Hall–Kier alpha value is -2.13. The van der Waals surface area contributed by atoms with Crippen LogP contribution in [0.15, 0.2) is 54.6 Å². The number of benzene rings is 2. The van der Waals surface area contributed by atoms with Crippen LogP contribution in [0.4, 0.5) is 0 Å². The van der Waals surface area contributed by atoms with Gasteiger partial charge in [0, 0.05) is 7.05 Å². The smallest absolute Gasteiger partial charge is 0.134 e. The van der Waals surface area contributed by atoms with Crippen molar-refractivity contribution in [1.82, 2.24) is 9.55 Å². The van der Waals surface area contributed by atoms with Gasteiger partial charge in [0.05, 0.1) is 16.6 Å². The molecule has 0 spiro atoms. The van der Waals surface area contributed by atoms with E-state index in [2.05, 4.69) is 10.6 Å². The van der Waals surface area contributed by atoms with E-state index < -0.39 is 5.54 Å². The number of para-hydroxylation sites is 2. The highest BCUT2D eigenvalue weighted by Gasteiger charge is 2.29. The zero-order valence-electron chi connectivity index (χ0n) is 11.2. The van der Waals surface area contributed by atoms with E-state index >= 15 is 0 Å². The first kappa shape index (κ1) is 11.9. The summed E-state index contributed by atoms with van der Waals surface area (Å²) in [6.07, 6.45) is 0. The predicted octanol–water partition coefficient (Wildman–Crippen LogP) is 2.80. The average Bonchev–Trinajstić information content (AvgIpc) is 2.78. The third-order valence-electron chi connectivity index (χ3n) is 3.63. The molecule has 3 aromatic rings. The summed E-state index contributed by atoms with van der Waals surface area (Å²) in [6.45, 7) is 2.00. The Labute approximate surface area is 112 Å². The SMILES string of the molecule is Cn1c(C(C)(N)c2ccccc2)nc2ccccc21. The van der Waals surface area contributed by atoms with Crippen molar-refractivity contribution in [3.8, 4) is 0 Å². The van der Waals surface area contributed by atoms with Gasteiger partial charge in [-0.3, -0.25) is 0 Å². The van der Waals surface area contributed by atoms with Gasteiger partial charge in [0.2, 0.25) is 0 Å². The van der Waals surface area contributed by atoms with Crippen LogP contribution in [-0.2, 0) is 12.6 Å². The van der Waals surface area contributed by atoms with E-state index in [9.17, 15) is 0 Å². The molecule has 0 fully saturated rings. The molecule has 0 aliphatic rings. The van der Waals surface area contributed by atoms with Crippen molar-refractivity contribution in [2.45, 2.75) is 12.5 Å². The van der Waals surface area contributed by atoms with E-state index in [4.69, 9.17) is 10.7 Å². The molecule has 3 rings (SSSR count). The van der Waals surface area contributed by atoms with Crippen molar-refractivity contribution in [2.75, 3.05) is 0 Å². The molecule has 0 radical (unpaired) electrons. The summed E-state index contributed by atoms with van der Waals surface area (Å²) in [4.78, 5) is 4.70. The molecule has 2 N–H and O–H groups in total. The van der Waals surface area contributed by atoms with Crippen molar-refractivity contribution in [3.05, 3.63) is 66.0 Å². The minimum absolute atomic E-state index is 0.602. The lowest BCUT2D eigenvalue weighted by Crippen LogP contribution is -2.37. The molecule has 0 amide bonds. The number of aryl methyl sites for hydroxylation is 1. The summed E-state index contributed by atoms with van der Waals surface area (Å²) in [7, 11) is 2.01. The zero-order valence-corrected chi connectivity index (χ0v) is 11.2. The van der Waals surface area contributed by atoms with Crippen LogP contribution in [0.2, 0.25) is 0 Å². The van der Waals surface area contributed by atoms with Gasteiger partial charge in [-0.15, -0.1) is 0 Å². The molecule has 1 aromatic heterocycles. The van der Waals surface area contributed by atoms with Gasteiger partial charge in [-0.1, -0.05) is 42.5 Å². The molecule has 19 heavy (non-hydrogen) atoms. The fraction of sp³-hybridized carbons (Fsp3) is 0.188. The standard InChI is InChI=1S/C16H17N3/c1-16(17,12-8-4-3-5-9-12)15-18-13-10-6-7-11-14(13)19(15)2/h3-11H,17H2,1-2H3. The normalized spacial score (nSPS) is 14.5. The maximum absolute atomic E-state index is 6.54. The van der Waals surface area contributed by atoms with Gasteiger partial charge in [0.1, 0.15) is 5.82 Å². The molecule has 2 aromatic carbocycles. The fourth-order valence-electron chi connectivity index (χ4n) is 2.52. The maximum atomic E-state index is 6.54. The van der Waals surface area contributed by atoms with E-state index in [1.165, 1.54) is 0 Å². The number of rotatable bonds is 2. The van der Waals surface area contributed by atoms with Crippen LogP contribution >= 0.6 is 0 Å². The largest absolute Gasteiger partial charge is 0.329 e. The fourth-order valence-corrected chi connectivity index (χ4v) is 2.52. The summed E-state index contributed by atoms with van der Waals surface area (Å²) in [6, 6.07) is 18.2. The zero-order chi connectivity index (χ0) is 13.5. The lowest BCUT2D eigenvalue weighted by molar-refractivity contribution is 0.538. The van der Waals surface area contributed by atoms with Gasteiger partial charge in [0.25, 0.3) is 0 Å². The van der Waals surface area contributed by atoms with Gasteiger partial charge < -0.3 is 10.3 Å². The van der Waals surface area contributed by atoms with Gasteiger partial charge in [-0.05, 0) is 24.6 Å². The molecule has 1 heterocycles. The molecule has 3 nitrogen and oxygen atoms in total. The second kappa shape index (κ2) is 4.21. The molecular weight excluding hydrogens is 234 g/mol. The molecule has 1 unspecified atom stereocenters. The number of nitrogens with two attached hydrogens (primary N) is 1. The van der Waals surface area contributed by atoms with Crippen molar-refractivity contribution >= 4 is 11.0 Å². The Morgan fingerprint density at radius 2 is 1.63 bits per heavy atom. The maximum Gasteiger partial charge on any atom is 0.134 e. The topological polar surface area (TPSA) is 43.8 Å². The molecule has 1 atom stereocenters. The molecular formula is C16H17N3. The number of hydrogen-bond donors (Lipinski definition) is 1. The monoisotopic (exact) mass is 251 g/mol. The van der Waals surface area contributed by atoms with E-state index in [0.29, 0.717) is 0 Å². The van der Waals surface area contributed by atoms with Gasteiger partial charge in [-0.25, -0.2) is 4.98 Å². The summed E-state index contributed by atoms with van der Waals surface area (Å²) in [5, 5.41) is 0. The summed E-state index contributed by atoms with van der Waals surface area (Å²) in [5.74, 6) is 0.875. The van der Waals surface area contributed by atoms with Crippen molar-refractivity contribution in [2.24, 2.45) is 12.8 Å². The van der Waals surface area contributed by atoms with Crippen LogP contribution in [0.25, 0.3) is 11.0 Å². The van der Waals surface area contributed by atoms with Crippen LogP contribution < -0.4 is 5.73 Å². The number of fused-ring (bicyclic) bond motifs is 1. The number of aromatic nitrogens is 2. The highest BCUT2D eigenvalue weighted by molar-refractivity contribution is 5.76. The third-order valence-corrected chi connectivity index (χ3v) is 3.63. The van der Waals surface area contributed by atoms with Crippen LogP contribution in [0, 0.1) is 0 Å². The number of nitrogens with zero attached hydrogens (tertiary/aromatic N) is 2. The lowest BCUT2D eigenvalue weighted by Gasteiger charge is -2.24. The first-order chi connectivity index (χ1) is 9.10. The minimum Gasteiger partial charge on any atom is -0.329 e. The Kier molecular flexibility index (Phi) is 2.64. The summed E-state index contributed by atoms with van der Waals surface area (Å²) in [5.41, 5.74) is 9.08. The second-order valence-corrected chi connectivity index (χ2v) is 5.05. The van der Waals surface area contributed by atoms with E-state index in [-0.39, 0.29) is 0 Å². The van der Waals surface area contributed by atoms with Gasteiger partial charge in [0.15, 0.2) is 0 Å². The quantitative estimate of drug-likeness (QED) is 0.761. The first-order valence-electron chi connectivity index (χ1n) is 6.37. The van der Waals surface area contributed by atoms with Gasteiger partial charge in [-0.2, -0.15) is 0 Å². The Morgan fingerprint density at radius 1 is 1.00 bits per heavy atom. The second-order valence-electron chi connectivity index (χ2n) is 5.05. The Bertz CT molecular complexity index is 711.